The van der Waals surface area contributed by atoms with Gasteiger partial charge >= 0.3 is 7.05 Å². The second-order valence-electron chi connectivity index (χ2n) is 4.44. The summed E-state index contributed by atoms with van der Waals surface area (Å²) in [4.78, 5) is 0. The molecule has 0 spiro atoms. The first-order valence-electron chi connectivity index (χ1n) is 6.07. The molecule has 0 saturated heterocycles. The highest BCUT2D eigenvalue weighted by Crippen LogP contribution is 2.17. The SMILES string of the molecule is CB(O)Nc1ccc(F)c(CCc2cc(N)n[nH]2)c1. The molecule has 2 aromatic rings. The summed E-state index contributed by atoms with van der Waals surface area (Å²) in [6.45, 7) is 1.61. The Hall–Kier alpha value is -2.02. The molecular formula is C12H16BFN4O. The largest absolute Gasteiger partial charge is 0.433 e. The number of halogens is 1. The Morgan fingerprint density at radius 2 is 2.21 bits per heavy atom. The number of hydrogen-bond acceptors (Lipinski definition) is 4. The molecule has 0 saturated carbocycles. The molecule has 0 amide bonds. The van der Waals surface area contributed by atoms with Gasteiger partial charge in [0.1, 0.15) is 11.6 Å². The first-order valence-corrected chi connectivity index (χ1v) is 6.07. The van der Waals surface area contributed by atoms with Crippen LogP contribution in [0.1, 0.15) is 11.3 Å². The number of aromatic nitrogens is 2. The minimum Gasteiger partial charge on any atom is -0.433 e. The van der Waals surface area contributed by atoms with E-state index in [0.717, 1.165) is 5.69 Å². The van der Waals surface area contributed by atoms with Crippen LogP contribution in [0.5, 0.6) is 0 Å². The summed E-state index contributed by atoms with van der Waals surface area (Å²) in [5.41, 5.74) is 7.64. The fourth-order valence-corrected chi connectivity index (χ4v) is 1.87. The van der Waals surface area contributed by atoms with Crippen molar-refractivity contribution in [3.05, 3.63) is 41.3 Å². The molecule has 1 aromatic carbocycles. The molecule has 2 rings (SSSR count). The van der Waals surface area contributed by atoms with Crippen LogP contribution in [-0.4, -0.2) is 22.3 Å². The molecule has 100 valence electrons. The monoisotopic (exact) mass is 262 g/mol. The molecule has 0 bridgehead atoms. The minimum absolute atomic E-state index is 0.261. The summed E-state index contributed by atoms with van der Waals surface area (Å²) >= 11 is 0. The van der Waals surface area contributed by atoms with Gasteiger partial charge in [0, 0.05) is 17.4 Å². The standard InChI is InChI=1S/C12H16BFN4O/c1-13(19)16-9-4-5-11(14)8(6-9)2-3-10-7-12(15)18-17-10/h4-7,16,19H,2-3H2,1H3,(H3,15,17,18). The van der Waals surface area contributed by atoms with Crippen molar-refractivity contribution in [3.8, 4) is 0 Å². The maximum Gasteiger partial charge on any atom is 0.406 e. The topological polar surface area (TPSA) is 87.0 Å². The first-order chi connectivity index (χ1) is 9.04. The lowest BCUT2D eigenvalue weighted by Crippen LogP contribution is -2.19. The highest BCUT2D eigenvalue weighted by Gasteiger charge is 2.08. The van der Waals surface area contributed by atoms with Gasteiger partial charge in [0.05, 0.1) is 0 Å². The van der Waals surface area contributed by atoms with Crippen molar-refractivity contribution < 1.29 is 9.41 Å². The molecule has 1 aromatic heterocycles. The molecule has 19 heavy (non-hydrogen) atoms. The van der Waals surface area contributed by atoms with Crippen molar-refractivity contribution in [2.45, 2.75) is 19.7 Å². The normalized spacial score (nSPS) is 10.5. The van der Waals surface area contributed by atoms with Crippen molar-refractivity contribution in [2.24, 2.45) is 0 Å². The van der Waals surface area contributed by atoms with E-state index in [1.54, 1.807) is 25.0 Å². The Kier molecular flexibility index (Phi) is 4.06. The highest BCUT2D eigenvalue weighted by molar-refractivity contribution is 6.52. The zero-order chi connectivity index (χ0) is 13.8. The maximum absolute atomic E-state index is 13.7. The first kappa shape index (κ1) is 13.4. The fraction of sp³-hybridized carbons (Fsp3) is 0.250. The number of nitrogen functional groups attached to an aromatic ring is 1. The summed E-state index contributed by atoms with van der Waals surface area (Å²) in [5, 5.41) is 18.7. The number of benzene rings is 1. The van der Waals surface area contributed by atoms with Gasteiger partial charge in [-0.25, -0.2) is 4.39 Å². The number of aryl methyl sites for hydroxylation is 2. The Labute approximate surface area is 111 Å². The molecular weight excluding hydrogens is 246 g/mol. The second kappa shape index (κ2) is 5.75. The lowest BCUT2D eigenvalue weighted by atomic mass is 9.88. The van der Waals surface area contributed by atoms with Gasteiger partial charge in [-0.05, 0) is 43.4 Å². The minimum atomic E-state index is -0.675. The lowest BCUT2D eigenvalue weighted by molar-refractivity contribution is 0.586. The van der Waals surface area contributed by atoms with Crippen LogP contribution in [0.2, 0.25) is 6.82 Å². The molecule has 5 nitrogen and oxygen atoms in total. The van der Waals surface area contributed by atoms with Gasteiger partial charge in [0.15, 0.2) is 0 Å². The summed E-state index contributed by atoms with van der Waals surface area (Å²) in [6, 6.07) is 6.42. The molecule has 0 aliphatic heterocycles. The van der Waals surface area contributed by atoms with Crippen LogP contribution in [0.3, 0.4) is 0 Å². The second-order valence-corrected chi connectivity index (χ2v) is 4.44. The number of nitrogens with two attached hydrogens (primary N) is 1. The third-order valence-corrected chi connectivity index (χ3v) is 2.74. The van der Waals surface area contributed by atoms with Crippen LogP contribution in [0.15, 0.2) is 24.3 Å². The van der Waals surface area contributed by atoms with E-state index in [1.807, 2.05) is 0 Å². The number of rotatable bonds is 5. The van der Waals surface area contributed by atoms with Crippen molar-refractivity contribution in [1.29, 1.82) is 0 Å². The Morgan fingerprint density at radius 1 is 1.42 bits per heavy atom. The molecule has 0 aliphatic rings. The van der Waals surface area contributed by atoms with Crippen LogP contribution in [-0.2, 0) is 12.8 Å². The van der Waals surface area contributed by atoms with Crippen LogP contribution in [0.25, 0.3) is 0 Å². The van der Waals surface area contributed by atoms with E-state index >= 15 is 0 Å². The van der Waals surface area contributed by atoms with E-state index in [-0.39, 0.29) is 5.82 Å². The van der Waals surface area contributed by atoms with Gasteiger partial charge in [0.2, 0.25) is 0 Å². The molecule has 0 unspecified atom stereocenters. The molecule has 5 N–H and O–H groups in total. The lowest BCUT2D eigenvalue weighted by Gasteiger charge is -2.09. The third kappa shape index (κ3) is 3.72. The van der Waals surface area contributed by atoms with Gasteiger partial charge in [-0.2, -0.15) is 5.10 Å². The van der Waals surface area contributed by atoms with E-state index in [9.17, 15) is 9.41 Å². The van der Waals surface area contributed by atoms with E-state index in [2.05, 4.69) is 15.4 Å². The van der Waals surface area contributed by atoms with Gasteiger partial charge in [-0.1, -0.05) is 0 Å². The van der Waals surface area contributed by atoms with Crippen molar-refractivity contribution in [2.75, 3.05) is 11.0 Å². The van der Waals surface area contributed by atoms with E-state index in [4.69, 9.17) is 5.73 Å². The molecule has 0 atom stereocenters. The number of H-pyrrole nitrogens is 1. The van der Waals surface area contributed by atoms with Crippen LogP contribution >= 0.6 is 0 Å². The Bertz CT molecular complexity index is 558. The summed E-state index contributed by atoms with van der Waals surface area (Å²) in [5.74, 6) is 0.170. The van der Waals surface area contributed by atoms with Gasteiger partial charge < -0.3 is 16.0 Å². The zero-order valence-electron chi connectivity index (χ0n) is 10.7. The average molecular weight is 262 g/mol. The zero-order valence-corrected chi connectivity index (χ0v) is 10.7. The van der Waals surface area contributed by atoms with Gasteiger partial charge in [-0.15, -0.1) is 0 Å². The molecule has 1 heterocycles. The number of nitrogens with zero attached hydrogens (tertiary/aromatic N) is 1. The fourth-order valence-electron chi connectivity index (χ4n) is 1.87. The van der Waals surface area contributed by atoms with Gasteiger partial charge in [-0.3, -0.25) is 5.10 Å². The van der Waals surface area contributed by atoms with Crippen molar-refractivity contribution in [1.82, 2.24) is 10.2 Å². The average Bonchev–Trinajstić information content (AvgIpc) is 2.75. The number of nitrogens with one attached hydrogen (secondary N) is 2. The Balaban J connectivity index is 2.06. The molecule has 0 radical (unpaired) electrons. The summed E-state index contributed by atoms with van der Waals surface area (Å²) in [7, 11) is -0.675. The summed E-state index contributed by atoms with van der Waals surface area (Å²) in [6.07, 6.45) is 1.15. The van der Waals surface area contributed by atoms with Crippen LogP contribution in [0, 0.1) is 5.82 Å². The van der Waals surface area contributed by atoms with E-state index in [1.165, 1.54) is 6.07 Å². The highest BCUT2D eigenvalue weighted by atomic mass is 19.1. The molecule has 0 fully saturated rings. The number of aromatic amines is 1. The van der Waals surface area contributed by atoms with Crippen molar-refractivity contribution >= 4 is 18.6 Å². The predicted molar refractivity (Wildman–Crippen MR) is 74.3 cm³/mol. The van der Waals surface area contributed by atoms with Crippen molar-refractivity contribution in [3.63, 3.8) is 0 Å². The Morgan fingerprint density at radius 3 is 2.84 bits per heavy atom. The van der Waals surface area contributed by atoms with E-state index in [0.29, 0.717) is 29.9 Å². The maximum atomic E-state index is 13.7. The predicted octanol–water partition coefficient (Wildman–Crippen LogP) is 1.44. The third-order valence-electron chi connectivity index (χ3n) is 2.74. The quantitative estimate of drug-likeness (QED) is 0.614. The molecule has 0 aliphatic carbocycles. The smallest absolute Gasteiger partial charge is 0.406 e. The number of hydrogen-bond donors (Lipinski definition) is 4. The van der Waals surface area contributed by atoms with Gasteiger partial charge in [0.25, 0.3) is 0 Å². The molecule has 7 heteroatoms. The van der Waals surface area contributed by atoms with Crippen LogP contribution < -0.4 is 11.0 Å². The van der Waals surface area contributed by atoms with E-state index < -0.39 is 7.05 Å². The number of anilines is 2. The summed E-state index contributed by atoms with van der Waals surface area (Å²) < 4.78 is 13.7. The van der Waals surface area contributed by atoms with Crippen LogP contribution in [0.4, 0.5) is 15.9 Å².